The first kappa shape index (κ1) is 17.0. The lowest BCUT2D eigenvalue weighted by Gasteiger charge is -2.12. The minimum absolute atomic E-state index is 0.0946. The molecule has 0 bridgehead atoms. The number of fused-ring (bicyclic) bond motifs is 1. The largest absolute Gasteiger partial charge is 0.364 e. The summed E-state index contributed by atoms with van der Waals surface area (Å²) < 4.78 is 2.10. The average molecular weight is 373 g/mol. The van der Waals surface area contributed by atoms with E-state index in [0.717, 1.165) is 29.7 Å². The van der Waals surface area contributed by atoms with Crippen LogP contribution >= 0.6 is 11.6 Å². The molecule has 8 heteroatoms. The molecule has 1 fully saturated rings. The summed E-state index contributed by atoms with van der Waals surface area (Å²) in [6.45, 7) is 4.14. The molecule has 3 aromatic rings. The molecule has 0 unspecified atom stereocenters. The van der Waals surface area contributed by atoms with Crippen LogP contribution in [0.3, 0.4) is 0 Å². The smallest absolute Gasteiger partial charge is 0.253 e. The molecular weight excluding hydrogens is 352 g/mol. The zero-order valence-corrected chi connectivity index (χ0v) is 15.6. The maximum absolute atomic E-state index is 12.2. The number of pyridine rings is 1. The molecule has 2 N–H and O–H groups in total. The van der Waals surface area contributed by atoms with Crippen molar-refractivity contribution in [2.24, 2.45) is 0 Å². The summed E-state index contributed by atoms with van der Waals surface area (Å²) in [6, 6.07) is 2.37. The molecule has 0 aliphatic heterocycles. The number of aromatic nitrogens is 5. The van der Waals surface area contributed by atoms with Crippen LogP contribution in [0, 0.1) is 13.8 Å². The van der Waals surface area contributed by atoms with Gasteiger partial charge in [-0.1, -0.05) is 12.8 Å². The normalized spacial score (nSPS) is 15.0. The molecule has 0 saturated heterocycles. The van der Waals surface area contributed by atoms with E-state index < -0.39 is 0 Å². The summed E-state index contributed by atoms with van der Waals surface area (Å²) in [4.78, 5) is 28.2. The van der Waals surface area contributed by atoms with E-state index in [1.807, 2.05) is 26.2 Å². The minimum atomic E-state index is -0.0946. The summed E-state index contributed by atoms with van der Waals surface area (Å²) >= 11 is 6.15. The van der Waals surface area contributed by atoms with Gasteiger partial charge in [0.25, 0.3) is 5.56 Å². The molecule has 0 aromatic carbocycles. The lowest BCUT2D eigenvalue weighted by molar-refractivity contribution is 0.529. The van der Waals surface area contributed by atoms with E-state index in [-0.39, 0.29) is 10.8 Å². The lowest BCUT2D eigenvalue weighted by Crippen LogP contribution is -2.19. The van der Waals surface area contributed by atoms with E-state index in [4.69, 9.17) is 11.6 Å². The Morgan fingerprint density at radius 3 is 2.81 bits per heavy atom. The van der Waals surface area contributed by atoms with Crippen molar-refractivity contribution in [2.45, 2.75) is 52.1 Å². The van der Waals surface area contributed by atoms with Crippen LogP contribution in [-0.4, -0.2) is 24.5 Å². The van der Waals surface area contributed by atoms with Crippen LogP contribution in [0.4, 0.5) is 5.82 Å². The third-order valence-electron chi connectivity index (χ3n) is 5.04. The zero-order valence-electron chi connectivity index (χ0n) is 14.8. The number of nitrogens with one attached hydrogen (secondary N) is 2. The van der Waals surface area contributed by atoms with E-state index in [0.29, 0.717) is 29.5 Å². The van der Waals surface area contributed by atoms with Gasteiger partial charge in [-0.2, -0.15) is 9.97 Å². The van der Waals surface area contributed by atoms with Gasteiger partial charge < -0.3 is 14.9 Å². The highest BCUT2D eigenvalue weighted by Gasteiger charge is 2.21. The molecular formula is C18H21ClN6O. The van der Waals surface area contributed by atoms with Crippen molar-refractivity contribution in [1.82, 2.24) is 24.5 Å². The van der Waals surface area contributed by atoms with Gasteiger partial charge in [0.2, 0.25) is 5.28 Å². The summed E-state index contributed by atoms with van der Waals surface area (Å²) in [7, 11) is 0. The molecule has 3 aromatic heterocycles. The molecule has 0 radical (unpaired) electrons. The number of anilines is 1. The molecule has 0 atom stereocenters. The Balaban J connectivity index is 1.68. The lowest BCUT2D eigenvalue weighted by atomic mass is 10.1. The van der Waals surface area contributed by atoms with Gasteiger partial charge in [-0.05, 0) is 49.9 Å². The summed E-state index contributed by atoms with van der Waals surface area (Å²) in [5.41, 5.74) is 3.79. The van der Waals surface area contributed by atoms with Crippen LogP contribution in [0.1, 0.15) is 48.5 Å². The van der Waals surface area contributed by atoms with Gasteiger partial charge in [0, 0.05) is 23.8 Å². The third kappa shape index (κ3) is 3.07. The first-order valence-corrected chi connectivity index (χ1v) is 9.24. The van der Waals surface area contributed by atoms with Crippen LogP contribution in [0.25, 0.3) is 11.2 Å². The average Bonchev–Trinajstić information content (AvgIpc) is 3.22. The first-order valence-electron chi connectivity index (χ1n) is 8.86. The fourth-order valence-corrected chi connectivity index (χ4v) is 3.90. The van der Waals surface area contributed by atoms with Gasteiger partial charge in [-0.15, -0.1) is 0 Å². The van der Waals surface area contributed by atoms with Crippen molar-refractivity contribution in [2.75, 3.05) is 5.32 Å². The molecule has 0 spiro atoms. The number of aryl methyl sites for hydroxylation is 2. The van der Waals surface area contributed by atoms with Crippen LogP contribution in [0.15, 0.2) is 17.2 Å². The number of rotatable bonds is 4. The van der Waals surface area contributed by atoms with Gasteiger partial charge in [-0.25, -0.2) is 4.98 Å². The molecule has 1 aliphatic rings. The number of H-pyrrole nitrogens is 1. The highest BCUT2D eigenvalue weighted by atomic mass is 35.5. The van der Waals surface area contributed by atoms with Crippen molar-refractivity contribution in [3.05, 3.63) is 44.9 Å². The van der Waals surface area contributed by atoms with Crippen molar-refractivity contribution >= 4 is 28.6 Å². The fraction of sp³-hybridized carbons (Fsp3) is 0.444. The number of halogens is 1. The summed E-state index contributed by atoms with van der Waals surface area (Å²) in [5.74, 6) is 0.552. The predicted octanol–water partition coefficient (Wildman–Crippen LogP) is 3.51. The van der Waals surface area contributed by atoms with E-state index in [2.05, 4.69) is 29.8 Å². The first-order chi connectivity index (χ1) is 12.5. The van der Waals surface area contributed by atoms with Crippen LogP contribution in [0.5, 0.6) is 0 Å². The van der Waals surface area contributed by atoms with Crippen molar-refractivity contribution < 1.29 is 0 Å². The Labute approximate surface area is 155 Å². The van der Waals surface area contributed by atoms with Gasteiger partial charge in [0.05, 0.1) is 6.33 Å². The number of hydrogen-bond donors (Lipinski definition) is 2. The molecule has 136 valence electrons. The van der Waals surface area contributed by atoms with E-state index in [1.165, 1.54) is 12.8 Å². The Hall–Kier alpha value is -2.41. The quantitative estimate of drug-likeness (QED) is 0.684. The molecule has 3 heterocycles. The number of imidazole rings is 1. The van der Waals surface area contributed by atoms with Crippen LogP contribution in [-0.2, 0) is 6.54 Å². The van der Waals surface area contributed by atoms with Gasteiger partial charge >= 0.3 is 0 Å². The maximum atomic E-state index is 12.2. The summed E-state index contributed by atoms with van der Waals surface area (Å²) in [5, 5.41) is 3.39. The molecule has 1 saturated carbocycles. The molecule has 4 rings (SSSR count). The minimum Gasteiger partial charge on any atom is -0.364 e. The maximum Gasteiger partial charge on any atom is 0.253 e. The highest BCUT2D eigenvalue weighted by molar-refractivity contribution is 6.28. The molecule has 7 nitrogen and oxygen atoms in total. The number of aromatic amines is 1. The van der Waals surface area contributed by atoms with E-state index in [1.54, 1.807) is 0 Å². The number of hydrogen-bond acceptors (Lipinski definition) is 5. The molecule has 26 heavy (non-hydrogen) atoms. The fourth-order valence-electron chi connectivity index (χ4n) is 3.74. The van der Waals surface area contributed by atoms with Gasteiger partial charge in [0.15, 0.2) is 17.0 Å². The SMILES string of the molecule is Cc1cc(C)c(CNc2nc(Cl)nc3c2ncn3C2CCCC2)c(=O)[nH]1. The third-order valence-corrected chi connectivity index (χ3v) is 5.21. The highest BCUT2D eigenvalue weighted by Crippen LogP contribution is 2.33. The molecule has 1 aliphatic carbocycles. The second-order valence-corrected chi connectivity index (χ2v) is 7.24. The predicted molar refractivity (Wildman–Crippen MR) is 102 cm³/mol. The number of nitrogens with zero attached hydrogens (tertiary/aromatic N) is 4. The van der Waals surface area contributed by atoms with Crippen molar-refractivity contribution in [1.29, 1.82) is 0 Å². The standard InChI is InChI=1S/C18H21ClN6O/c1-10-7-11(2)22-17(26)13(10)8-20-15-14-16(24-18(19)23-15)25(9-21-14)12-5-3-4-6-12/h7,9,12H,3-6,8H2,1-2H3,(H,22,26)(H,20,23,24). The van der Waals surface area contributed by atoms with Gasteiger partial charge in [0.1, 0.15) is 0 Å². The zero-order chi connectivity index (χ0) is 18.3. The summed E-state index contributed by atoms with van der Waals surface area (Å²) in [6.07, 6.45) is 6.54. The van der Waals surface area contributed by atoms with Crippen LogP contribution in [0.2, 0.25) is 5.28 Å². The Kier molecular flexibility index (Phi) is 4.40. The van der Waals surface area contributed by atoms with Gasteiger partial charge in [-0.3, -0.25) is 4.79 Å². The second kappa shape index (κ2) is 6.72. The Bertz CT molecular complexity index is 1020. The molecule has 0 amide bonds. The Morgan fingerprint density at radius 2 is 2.08 bits per heavy atom. The van der Waals surface area contributed by atoms with Crippen molar-refractivity contribution in [3.8, 4) is 0 Å². The van der Waals surface area contributed by atoms with E-state index >= 15 is 0 Å². The van der Waals surface area contributed by atoms with E-state index in [9.17, 15) is 4.79 Å². The topological polar surface area (TPSA) is 88.5 Å². The second-order valence-electron chi connectivity index (χ2n) is 6.90. The van der Waals surface area contributed by atoms with Crippen molar-refractivity contribution in [3.63, 3.8) is 0 Å². The Morgan fingerprint density at radius 1 is 1.31 bits per heavy atom. The van der Waals surface area contributed by atoms with Crippen LogP contribution < -0.4 is 10.9 Å². The monoisotopic (exact) mass is 372 g/mol.